The predicted molar refractivity (Wildman–Crippen MR) is 77.0 cm³/mol. The number of nitrogens with one attached hydrogen (secondary N) is 1. The van der Waals surface area contributed by atoms with Gasteiger partial charge in [-0.1, -0.05) is 23.7 Å². The van der Waals surface area contributed by atoms with Gasteiger partial charge in [0.1, 0.15) is 11.9 Å². The Morgan fingerprint density at radius 2 is 2.05 bits per heavy atom. The monoisotopic (exact) mass is 272 g/mol. The van der Waals surface area contributed by atoms with E-state index in [0.29, 0.717) is 23.6 Å². The predicted octanol–water partition coefficient (Wildman–Crippen LogP) is 2.84. The molecule has 0 spiro atoms. The van der Waals surface area contributed by atoms with Gasteiger partial charge in [-0.3, -0.25) is 0 Å². The molecule has 0 amide bonds. The topological polar surface area (TPSA) is 74.7 Å². The zero-order chi connectivity index (χ0) is 13.7. The van der Waals surface area contributed by atoms with Gasteiger partial charge in [0, 0.05) is 17.8 Å². The first kappa shape index (κ1) is 13.2. The number of hydrogen-bond donors (Lipinski definition) is 2. The third-order valence-corrected chi connectivity index (χ3v) is 2.92. The van der Waals surface area contributed by atoms with Crippen molar-refractivity contribution in [1.29, 1.82) is 5.26 Å². The van der Waals surface area contributed by atoms with Crippen LogP contribution in [-0.4, -0.2) is 11.5 Å². The Morgan fingerprint density at radius 1 is 1.32 bits per heavy atom. The number of nitrogens with two attached hydrogens (primary N) is 1. The van der Waals surface area contributed by atoms with Crippen LogP contribution in [0, 0.1) is 11.3 Å². The summed E-state index contributed by atoms with van der Waals surface area (Å²) < 4.78 is 0. The zero-order valence-corrected chi connectivity index (χ0v) is 11.0. The van der Waals surface area contributed by atoms with E-state index in [1.807, 2.05) is 30.3 Å². The second-order valence-corrected chi connectivity index (χ2v) is 4.51. The lowest BCUT2D eigenvalue weighted by Gasteiger charge is -2.08. The molecular weight excluding hydrogens is 260 g/mol. The number of anilines is 2. The van der Waals surface area contributed by atoms with E-state index in [1.165, 1.54) is 11.8 Å². The molecular formula is C14H13ClN4. The van der Waals surface area contributed by atoms with Crippen molar-refractivity contribution in [2.75, 3.05) is 17.6 Å². The molecule has 2 rings (SSSR count). The van der Waals surface area contributed by atoms with Crippen molar-refractivity contribution in [3.05, 3.63) is 52.7 Å². The van der Waals surface area contributed by atoms with Crippen molar-refractivity contribution >= 4 is 23.1 Å². The number of aromatic nitrogens is 1. The van der Waals surface area contributed by atoms with Crippen molar-refractivity contribution in [3.63, 3.8) is 0 Å². The molecule has 0 saturated carbocycles. The van der Waals surface area contributed by atoms with Crippen molar-refractivity contribution in [1.82, 2.24) is 4.98 Å². The van der Waals surface area contributed by atoms with Gasteiger partial charge in [0.25, 0.3) is 0 Å². The standard InChI is InChI=1S/C14H13ClN4/c15-12-3-1-10(2-4-12)5-6-18-14-13(17)7-11(8-16)9-19-14/h1-4,7,9H,5-6,17H2,(H,18,19). The van der Waals surface area contributed by atoms with Crippen LogP contribution in [0.3, 0.4) is 0 Å². The molecule has 3 N–H and O–H groups in total. The maximum absolute atomic E-state index is 8.72. The summed E-state index contributed by atoms with van der Waals surface area (Å²) in [4.78, 5) is 4.11. The molecule has 96 valence electrons. The summed E-state index contributed by atoms with van der Waals surface area (Å²) in [6, 6.07) is 11.3. The third kappa shape index (κ3) is 3.60. The lowest BCUT2D eigenvalue weighted by Crippen LogP contribution is -2.08. The number of nitrogen functional groups attached to an aromatic ring is 1. The summed E-state index contributed by atoms with van der Waals surface area (Å²) in [6.45, 7) is 0.713. The van der Waals surface area contributed by atoms with Gasteiger partial charge in [-0.05, 0) is 30.2 Å². The average Bonchev–Trinajstić information content (AvgIpc) is 2.42. The third-order valence-electron chi connectivity index (χ3n) is 2.67. The Bertz CT molecular complexity index is 602. The highest BCUT2D eigenvalue weighted by Gasteiger charge is 2.02. The summed E-state index contributed by atoms with van der Waals surface area (Å²) in [5.41, 5.74) is 7.93. The number of pyridine rings is 1. The van der Waals surface area contributed by atoms with E-state index in [2.05, 4.69) is 10.3 Å². The van der Waals surface area contributed by atoms with Crippen LogP contribution in [0.2, 0.25) is 5.02 Å². The smallest absolute Gasteiger partial charge is 0.149 e. The van der Waals surface area contributed by atoms with Crippen LogP contribution in [0.1, 0.15) is 11.1 Å². The first-order valence-corrected chi connectivity index (χ1v) is 6.21. The zero-order valence-electron chi connectivity index (χ0n) is 10.2. The van der Waals surface area contributed by atoms with Gasteiger partial charge < -0.3 is 11.1 Å². The van der Waals surface area contributed by atoms with E-state index in [9.17, 15) is 0 Å². The molecule has 1 aromatic carbocycles. The molecule has 1 heterocycles. The van der Waals surface area contributed by atoms with Gasteiger partial charge in [0.15, 0.2) is 0 Å². The first-order valence-electron chi connectivity index (χ1n) is 5.83. The molecule has 0 saturated heterocycles. The number of nitriles is 1. The Hall–Kier alpha value is -2.25. The molecule has 1 aromatic heterocycles. The SMILES string of the molecule is N#Cc1cnc(NCCc2ccc(Cl)cc2)c(N)c1. The maximum Gasteiger partial charge on any atom is 0.149 e. The van der Waals surface area contributed by atoms with E-state index in [0.717, 1.165) is 11.4 Å². The highest BCUT2D eigenvalue weighted by Crippen LogP contribution is 2.16. The van der Waals surface area contributed by atoms with Crippen LogP contribution in [-0.2, 0) is 6.42 Å². The Balaban J connectivity index is 1.92. The van der Waals surface area contributed by atoms with Crippen LogP contribution >= 0.6 is 11.6 Å². The van der Waals surface area contributed by atoms with E-state index < -0.39 is 0 Å². The van der Waals surface area contributed by atoms with E-state index in [4.69, 9.17) is 22.6 Å². The molecule has 0 bridgehead atoms. The molecule has 5 heteroatoms. The number of halogens is 1. The molecule has 19 heavy (non-hydrogen) atoms. The second kappa shape index (κ2) is 6.07. The molecule has 0 unspecified atom stereocenters. The van der Waals surface area contributed by atoms with Crippen LogP contribution in [0.15, 0.2) is 36.5 Å². The summed E-state index contributed by atoms with van der Waals surface area (Å²) >= 11 is 5.82. The lowest BCUT2D eigenvalue weighted by molar-refractivity contribution is 1.01. The lowest BCUT2D eigenvalue weighted by atomic mass is 10.1. The summed E-state index contributed by atoms with van der Waals surface area (Å²) in [6.07, 6.45) is 2.35. The van der Waals surface area contributed by atoms with Crippen LogP contribution in [0.4, 0.5) is 11.5 Å². The van der Waals surface area contributed by atoms with Gasteiger partial charge in [0.05, 0.1) is 11.3 Å². The maximum atomic E-state index is 8.72. The van der Waals surface area contributed by atoms with Crippen molar-refractivity contribution in [3.8, 4) is 6.07 Å². The highest BCUT2D eigenvalue weighted by atomic mass is 35.5. The summed E-state index contributed by atoms with van der Waals surface area (Å²) in [5, 5.41) is 12.6. The minimum Gasteiger partial charge on any atom is -0.396 e. The normalized spacial score (nSPS) is 9.89. The number of benzene rings is 1. The van der Waals surface area contributed by atoms with Gasteiger partial charge >= 0.3 is 0 Å². The summed E-state index contributed by atoms with van der Waals surface area (Å²) in [7, 11) is 0. The van der Waals surface area contributed by atoms with Crippen molar-refractivity contribution in [2.24, 2.45) is 0 Å². The highest BCUT2D eigenvalue weighted by molar-refractivity contribution is 6.30. The first-order chi connectivity index (χ1) is 9.19. The molecule has 0 fully saturated rings. The number of rotatable bonds is 4. The second-order valence-electron chi connectivity index (χ2n) is 4.08. The molecule has 0 aliphatic carbocycles. The van der Waals surface area contributed by atoms with Gasteiger partial charge in [-0.2, -0.15) is 5.26 Å². The number of hydrogen-bond acceptors (Lipinski definition) is 4. The van der Waals surface area contributed by atoms with Crippen LogP contribution in [0.5, 0.6) is 0 Å². The fourth-order valence-corrected chi connectivity index (χ4v) is 1.79. The van der Waals surface area contributed by atoms with E-state index >= 15 is 0 Å². The van der Waals surface area contributed by atoms with Gasteiger partial charge in [-0.25, -0.2) is 4.98 Å². The van der Waals surface area contributed by atoms with Gasteiger partial charge in [0.2, 0.25) is 0 Å². The minimum absolute atomic E-state index is 0.459. The van der Waals surface area contributed by atoms with E-state index in [1.54, 1.807) is 6.07 Å². The van der Waals surface area contributed by atoms with Crippen LogP contribution in [0.25, 0.3) is 0 Å². The Morgan fingerprint density at radius 3 is 2.68 bits per heavy atom. The molecule has 4 nitrogen and oxygen atoms in total. The quantitative estimate of drug-likeness (QED) is 0.897. The fourth-order valence-electron chi connectivity index (χ4n) is 1.67. The molecule has 0 atom stereocenters. The largest absolute Gasteiger partial charge is 0.396 e. The minimum atomic E-state index is 0.459. The Labute approximate surface area is 116 Å². The van der Waals surface area contributed by atoms with Crippen molar-refractivity contribution in [2.45, 2.75) is 6.42 Å². The Kier molecular flexibility index (Phi) is 4.22. The van der Waals surface area contributed by atoms with Crippen LogP contribution < -0.4 is 11.1 Å². The van der Waals surface area contributed by atoms with Crippen molar-refractivity contribution < 1.29 is 0 Å². The van der Waals surface area contributed by atoms with Gasteiger partial charge in [-0.15, -0.1) is 0 Å². The molecule has 2 aromatic rings. The molecule has 0 aliphatic rings. The summed E-state index contributed by atoms with van der Waals surface area (Å²) in [5.74, 6) is 0.605. The van der Waals surface area contributed by atoms with E-state index in [-0.39, 0.29) is 0 Å². The number of nitrogens with zero attached hydrogens (tertiary/aromatic N) is 2. The average molecular weight is 273 g/mol. The molecule has 0 radical (unpaired) electrons. The fraction of sp³-hybridized carbons (Fsp3) is 0.143. The molecule has 0 aliphatic heterocycles.